The lowest BCUT2D eigenvalue weighted by molar-refractivity contribution is -0.144. The van der Waals surface area contributed by atoms with Crippen molar-refractivity contribution in [2.24, 2.45) is 5.73 Å². The fourth-order valence-electron chi connectivity index (χ4n) is 2.25. The first-order valence-corrected chi connectivity index (χ1v) is 7.39. The summed E-state index contributed by atoms with van der Waals surface area (Å²) in [5.74, 6) is 0.317. The second-order valence-electron chi connectivity index (χ2n) is 5.60. The minimum absolute atomic E-state index is 0.217. The van der Waals surface area contributed by atoms with Crippen LogP contribution in [0.4, 0.5) is 0 Å². The van der Waals surface area contributed by atoms with Gasteiger partial charge in [-0.3, -0.25) is 14.0 Å². The summed E-state index contributed by atoms with van der Waals surface area (Å²) < 4.78 is 7.71. The lowest BCUT2D eigenvalue weighted by Crippen LogP contribution is -2.32. The van der Waals surface area contributed by atoms with Crippen LogP contribution in [0.25, 0.3) is 5.52 Å². The van der Waals surface area contributed by atoms with Gasteiger partial charge in [-0.1, -0.05) is 13.8 Å². The Kier molecular flexibility index (Phi) is 4.65. The number of nitrogens with two attached hydrogens (primary N) is 1. The normalized spacial score (nSPS) is 12.8. The summed E-state index contributed by atoms with van der Waals surface area (Å²) in [6.07, 6.45) is 1.88. The molecule has 0 fully saturated rings. The van der Waals surface area contributed by atoms with Gasteiger partial charge in [-0.2, -0.15) is 5.10 Å². The molecule has 2 rings (SSSR count). The first kappa shape index (κ1) is 16.2. The summed E-state index contributed by atoms with van der Waals surface area (Å²) in [5, 5.41) is 4.24. The molecule has 22 heavy (non-hydrogen) atoms. The van der Waals surface area contributed by atoms with Crippen molar-refractivity contribution in [1.29, 1.82) is 0 Å². The molecule has 0 aromatic carbocycles. The van der Waals surface area contributed by atoms with Gasteiger partial charge in [0.05, 0.1) is 12.6 Å². The second kappa shape index (κ2) is 6.31. The number of rotatable bonds is 5. The van der Waals surface area contributed by atoms with Gasteiger partial charge < -0.3 is 10.5 Å². The van der Waals surface area contributed by atoms with Crippen molar-refractivity contribution in [2.45, 2.75) is 46.2 Å². The Morgan fingerprint density at radius 1 is 1.41 bits per heavy atom. The van der Waals surface area contributed by atoms with Crippen LogP contribution in [0.15, 0.2) is 17.1 Å². The standard InChI is InChI=1S/C15H22N4O3/c1-5-22-13(20)8-19-15(21)12-6-11(9(2)3)7-18(12)14(17-19)10(4)16/h6-7,9-10H,5,8,16H2,1-4H3. The Hall–Kier alpha value is -2.15. The molecule has 120 valence electrons. The number of nitrogens with zero attached hydrogens (tertiary/aromatic N) is 3. The van der Waals surface area contributed by atoms with Crippen LogP contribution in [0.5, 0.6) is 0 Å². The van der Waals surface area contributed by atoms with Gasteiger partial charge in [0.15, 0.2) is 5.82 Å². The summed E-state index contributed by atoms with van der Waals surface area (Å²) in [4.78, 5) is 24.1. The number of aromatic nitrogens is 3. The average molecular weight is 306 g/mol. The van der Waals surface area contributed by atoms with Crippen LogP contribution in [0.3, 0.4) is 0 Å². The van der Waals surface area contributed by atoms with Crippen LogP contribution in [0.1, 0.15) is 51.0 Å². The zero-order valence-corrected chi connectivity index (χ0v) is 13.4. The van der Waals surface area contributed by atoms with E-state index in [1.807, 2.05) is 26.1 Å². The van der Waals surface area contributed by atoms with E-state index in [1.54, 1.807) is 18.2 Å². The zero-order chi connectivity index (χ0) is 16.4. The molecular weight excluding hydrogens is 284 g/mol. The van der Waals surface area contributed by atoms with Crippen LogP contribution in [0.2, 0.25) is 0 Å². The van der Waals surface area contributed by atoms with E-state index in [0.29, 0.717) is 11.3 Å². The predicted octanol–water partition coefficient (Wildman–Crippen LogP) is 1.20. The van der Waals surface area contributed by atoms with Gasteiger partial charge in [0, 0.05) is 6.20 Å². The maximum Gasteiger partial charge on any atom is 0.327 e. The molecule has 0 aliphatic rings. The summed E-state index contributed by atoms with van der Waals surface area (Å²) >= 11 is 0. The Labute approximate surface area is 128 Å². The molecule has 7 nitrogen and oxygen atoms in total. The van der Waals surface area contributed by atoms with Gasteiger partial charge in [0.1, 0.15) is 12.1 Å². The molecule has 0 saturated carbocycles. The van der Waals surface area contributed by atoms with Gasteiger partial charge in [-0.05, 0) is 31.4 Å². The molecule has 2 aromatic rings. The molecule has 2 heterocycles. The highest BCUT2D eigenvalue weighted by atomic mass is 16.5. The highest BCUT2D eigenvalue weighted by Crippen LogP contribution is 2.19. The van der Waals surface area contributed by atoms with Gasteiger partial charge >= 0.3 is 5.97 Å². The molecule has 0 saturated heterocycles. The third-order valence-electron chi connectivity index (χ3n) is 3.42. The predicted molar refractivity (Wildman–Crippen MR) is 82.8 cm³/mol. The summed E-state index contributed by atoms with van der Waals surface area (Å²) in [6, 6.07) is 1.45. The Morgan fingerprint density at radius 2 is 2.09 bits per heavy atom. The first-order chi connectivity index (χ1) is 10.3. The van der Waals surface area contributed by atoms with E-state index in [9.17, 15) is 9.59 Å². The number of fused-ring (bicyclic) bond motifs is 1. The number of carbonyl (C=O) groups excluding carboxylic acids is 1. The van der Waals surface area contributed by atoms with Gasteiger partial charge in [0.2, 0.25) is 0 Å². The molecule has 0 amide bonds. The van der Waals surface area contributed by atoms with Crippen LogP contribution in [-0.2, 0) is 16.1 Å². The number of esters is 1. The van der Waals surface area contributed by atoms with Crippen LogP contribution >= 0.6 is 0 Å². The maximum atomic E-state index is 12.5. The van der Waals surface area contributed by atoms with Crippen LogP contribution in [-0.4, -0.2) is 26.8 Å². The molecule has 0 aliphatic heterocycles. The van der Waals surface area contributed by atoms with Gasteiger partial charge in [-0.25, -0.2) is 4.68 Å². The quantitative estimate of drug-likeness (QED) is 0.838. The lowest BCUT2D eigenvalue weighted by Gasteiger charge is -2.12. The van der Waals surface area contributed by atoms with Crippen molar-refractivity contribution >= 4 is 11.5 Å². The van der Waals surface area contributed by atoms with E-state index in [1.165, 1.54) is 0 Å². The third kappa shape index (κ3) is 3.04. The molecule has 7 heteroatoms. The van der Waals surface area contributed by atoms with Crippen molar-refractivity contribution in [3.63, 3.8) is 0 Å². The van der Waals surface area contributed by atoms with Crippen LogP contribution < -0.4 is 11.3 Å². The third-order valence-corrected chi connectivity index (χ3v) is 3.42. The number of hydrogen-bond donors (Lipinski definition) is 1. The fourth-order valence-corrected chi connectivity index (χ4v) is 2.25. The topological polar surface area (TPSA) is 91.6 Å². The van der Waals surface area contributed by atoms with E-state index in [4.69, 9.17) is 10.5 Å². The van der Waals surface area contributed by atoms with E-state index in [2.05, 4.69) is 5.10 Å². The summed E-state index contributed by atoms with van der Waals surface area (Å²) in [6.45, 7) is 7.64. The minimum atomic E-state index is -0.493. The van der Waals surface area contributed by atoms with E-state index in [0.717, 1.165) is 10.2 Å². The van der Waals surface area contributed by atoms with E-state index in [-0.39, 0.29) is 30.7 Å². The number of ether oxygens (including phenoxy) is 1. The number of carbonyl (C=O) groups is 1. The molecule has 1 atom stereocenters. The molecule has 0 radical (unpaired) electrons. The molecule has 1 unspecified atom stereocenters. The van der Waals surface area contributed by atoms with Crippen molar-refractivity contribution in [3.05, 3.63) is 34.0 Å². The monoisotopic (exact) mass is 306 g/mol. The fraction of sp³-hybridized carbons (Fsp3) is 0.533. The zero-order valence-electron chi connectivity index (χ0n) is 13.4. The van der Waals surface area contributed by atoms with E-state index >= 15 is 0 Å². The highest BCUT2D eigenvalue weighted by molar-refractivity contribution is 5.69. The molecule has 0 aliphatic carbocycles. The smallest absolute Gasteiger partial charge is 0.327 e. The average Bonchev–Trinajstić information content (AvgIpc) is 2.87. The van der Waals surface area contributed by atoms with Crippen LogP contribution in [0, 0.1) is 0 Å². The molecule has 2 N–H and O–H groups in total. The van der Waals surface area contributed by atoms with Crippen molar-refractivity contribution in [1.82, 2.24) is 14.2 Å². The summed E-state index contributed by atoms with van der Waals surface area (Å²) in [7, 11) is 0. The largest absolute Gasteiger partial charge is 0.465 e. The Bertz CT molecular complexity index is 743. The molecule has 0 bridgehead atoms. The van der Waals surface area contributed by atoms with E-state index < -0.39 is 5.97 Å². The van der Waals surface area contributed by atoms with Crippen molar-refractivity contribution in [2.75, 3.05) is 6.61 Å². The molecule has 2 aromatic heterocycles. The van der Waals surface area contributed by atoms with Gasteiger partial charge in [0.25, 0.3) is 5.56 Å². The SMILES string of the molecule is CCOC(=O)Cn1nc(C(C)N)n2cc(C(C)C)cc2c1=O. The maximum absolute atomic E-state index is 12.5. The van der Waals surface area contributed by atoms with Gasteiger partial charge in [-0.15, -0.1) is 0 Å². The Balaban J connectivity index is 2.61. The molecule has 0 spiro atoms. The lowest BCUT2D eigenvalue weighted by atomic mass is 10.1. The highest BCUT2D eigenvalue weighted by Gasteiger charge is 2.17. The second-order valence-corrected chi connectivity index (χ2v) is 5.60. The summed E-state index contributed by atoms with van der Waals surface area (Å²) in [5.41, 5.74) is 7.12. The van der Waals surface area contributed by atoms with Crippen molar-refractivity contribution < 1.29 is 9.53 Å². The minimum Gasteiger partial charge on any atom is -0.465 e. The first-order valence-electron chi connectivity index (χ1n) is 7.39. The van der Waals surface area contributed by atoms with Crippen molar-refractivity contribution in [3.8, 4) is 0 Å². The molecular formula is C15H22N4O3. The number of hydrogen-bond acceptors (Lipinski definition) is 5. The Morgan fingerprint density at radius 3 is 2.64 bits per heavy atom.